The van der Waals surface area contributed by atoms with Gasteiger partial charge in [0.15, 0.2) is 11.5 Å². The molecule has 0 heterocycles. The lowest BCUT2D eigenvalue weighted by Crippen LogP contribution is -2.14. The van der Waals surface area contributed by atoms with Gasteiger partial charge in [-0.15, -0.1) is 0 Å². The summed E-state index contributed by atoms with van der Waals surface area (Å²) in [6.45, 7) is 5.26. The third-order valence-corrected chi connectivity index (χ3v) is 3.27. The monoisotopic (exact) mass is 294 g/mol. The first-order chi connectivity index (χ1) is 10.1. The van der Waals surface area contributed by atoms with Crippen LogP contribution in [-0.2, 0) is 4.79 Å². The normalized spacial score (nSPS) is 11.8. The van der Waals surface area contributed by atoms with Gasteiger partial charge in [-0.05, 0) is 44.4 Å². The van der Waals surface area contributed by atoms with E-state index in [1.165, 1.54) is 0 Å². The van der Waals surface area contributed by atoms with Crippen LogP contribution in [0.4, 0.5) is 5.69 Å². The maximum Gasteiger partial charge on any atom is 0.224 e. The lowest BCUT2D eigenvalue weighted by Gasteiger charge is -2.12. The molecule has 0 spiro atoms. The van der Waals surface area contributed by atoms with Crippen molar-refractivity contribution in [2.24, 2.45) is 11.7 Å². The van der Waals surface area contributed by atoms with Crippen LogP contribution in [0.5, 0.6) is 11.5 Å². The fourth-order valence-electron chi connectivity index (χ4n) is 2.05. The Hall–Kier alpha value is -1.75. The minimum atomic E-state index is 0.00471. The SMILES string of the molecule is CCOc1ccc(NC(=O)CCC(C)CCN)cc1OC. The first-order valence-electron chi connectivity index (χ1n) is 7.41. The molecule has 3 N–H and O–H groups in total. The van der Waals surface area contributed by atoms with Gasteiger partial charge < -0.3 is 20.5 Å². The summed E-state index contributed by atoms with van der Waals surface area (Å²) in [6.07, 6.45) is 2.29. The summed E-state index contributed by atoms with van der Waals surface area (Å²) in [7, 11) is 1.58. The molecule has 0 radical (unpaired) electrons. The molecule has 0 fully saturated rings. The van der Waals surface area contributed by atoms with Gasteiger partial charge in [0.25, 0.3) is 0 Å². The van der Waals surface area contributed by atoms with E-state index in [0.29, 0.717) is 42.7 Å². The molecular formula is C16H26N2O3. The van der Waals surface area contributed by atoms with E-state index >= 15 is 0 Å². The van der Waals surface area contributed by atoms with Crippen LogP contribution in [0.25, 0.3) is 0 Å². The Morgan fingerprint density at radius 3 is 2.71 bits per heavy atom. The molecule has 0 aliphatic rings. The Kier molecular flexibility index (Phi) is 7.61. The second-order valence-electron chi connectivity index (χ2n) is 5.07. The summed E-state index contributed by atoms with van der Waals surface area (Å²) in [4.78, 5) is 11.9. The van der Waals surface area contributed by atoms with Gasteiger partial charge in [-0.3, -0.25) is 4.79 Å². The van der Waals surface area contributed by atoms with Crippen molar-refractivity contribution in [1.29, 1.82) is 0 Å². The molecule has 118 valence electrons. The molecule has 1 aromatic carbocycles. The third kappa shape index (κ3) is 6.04. The van der Waals surface area contributed by atoms with Crippen molar-refractivity contribution in [2.75, 3.05) is 25.6 Å². The predicted octanol–water partition coefficient (Wildman–Crippen LogP) is 2.80. The van der Waals surface area contributed by atoms with Crippen LogP contribution in [0.3, 0.4) is 0 Å². The van der Waals surface area contributed by atoms with Gasteiger partial charge in [-0.25, -0.2) is 0 Å². The van der Waals surface area contributed by atoms with Gasteiger partial charge in [0, 0.05) is 18.2 Å². The van der Waals surface area contributed by atoms with E-state index in [-0.39, 0.29) is 5.91 Å². The van der Waals surface area contributed by atoms with E-state index in [1.807, 2.05) is 13.0 Å². The number of nitrogens with one attached hydrogen (secondary N) is 1. The molecular weight excluding hydrogens is 268 g/mol. The maximum absolute atomic E-state index is 11.9. The van der Waals surface area contributed by atoms with Gasteiger partial charge in [0.2, 0.25) is 5.91 Å². The molecule has 0 bridgehead atoms. The van der Waals surface area contributed by atoms with Crippen molar-refractivity contribution in [2.45, 2.75) is 33.1 Å². The molecule has 0 aliphatic heterocycles. The predicted molar refractivity (Wildman–Crippen MR) is 84.9 cm³/mol. The Bertz CT molecular complexity index is 449. The second-order valence-corrected chi connectivity index (χ2v) is 5.07. The highest BCUT2D eigenvalue weighted by Gasteiger charge is 2.09. The molecule has 1 amide bonds. The lowest BCUT2D eigenvalue weighted by molar-refractivity contribution is -0.116. The Morgan fingerprint density at radius 1 is 1.33 bits per heavy atom. The minimum absolute atomic E-state index is 0.00471. The standard InChI is InChI=1S/C16H26N2O3/c1-4-21-14-7-6-13(11-15(14)20-3)18-16(19)8-5-12(2)9-10-17/h6-7,11-12H,4-5,8-10,17H2,1-3H3,(H,18,19). The molecule has 0 aromatic heterocycles. The number of rotatable bonds is 9. The van der Waals surface area contributed by atoms with E-state index in [4.69, 9.17) is 15.2 Å². The number of nitrogens with two attached hydrogens (primary N) is 1. The number of anilines is 1. The zero-order valence-electron chi connectivity index (χ0n) is 13.1. The maximum atomic E-state index is 11.9. The summed E-state index contributed by atoms with van der Waals surface area (Å²) in [5.74, 6) is 1.77. The average molecular weight is 294 g/mol. The van der Waals surface area contributed by atoms with Gasteiger partial charge >= 0.3 is 0 Å². The second kappa shape index (κ2) is 9.23. The first-order valence-corrected chi connectivity index (χ1v) is 7.41. The molecule has 1 unspecified atom stereocenters. The molecule has 0 saturated carbocycles. The van der Waals surface area contributed by atoms with E-state index in [1.54, 1.807) is 19.2 Å². The Labute approximate surface area is 126 Å². The summed E-state index contributed by atoms with van der Waals surface area (Å²) >= 11 is 0. The number of benzene rings is 1. The van der Waals surface area contributed by atoms with E-state index < -0.39 is 0 Å². The van der Waals surface area contributed by atoms with E-state index in [0.717, 1.165) is 12.8 Å². The molecule has 5 nitrogen and oxygen atoms in total. The smallest absolute Gasteiger partial charge is 0.224 e. The molecule has 1 atom stereocenters. The van der Waals surface area contributed by atoms with Crippen molar-refractivity contribution < 1.29 is 14.3 Å². The molecule has 1 aromatic rings. The highest BCUT2D eigenvalue weighted by Crippen LogP contribution is 2.30. The molecule has 0 saturated heterocycles. The van der Waals surface area contributed by atoms with Gasteiger partial charge in [0.05, 0.1) is 13.7 Å². The van der Waals surface area contributed by atoms with Gasteiger partial charge in [-0.2, -0.15) is 0 Å². The van der Waals surface area contributed by atoms with Crippen LogP contribution in [0, 0.1) is 5.92 Å². The summed E-state index contributed by atoms with van der Waals surface area (Å²) < 4.78 is 10.7. The Balaban J connectivity index is 2.56. The van der Waals surface area contributed by atoms with E-state index in [2.05, 4.69) is 12.2 Å². The van der Waals surface area contributed by atoms with Crippen LogP contribution in [0.2, 0.25) is 0 Å². The summed E-state index contributed by atoms with van der Waals surface area (Å²) in [5.41, 5.74) is 6.22. The minimum Gasteiger partial charge on any atom is -0.493 e. The van der Waals surface area contributed by atoms with Crippen LogP contribution < -0.4 is 20.5 Å². The topological polar surface area (TPSA) is 73.6 Å². The van der Waals surface area contributed by atoms with Crippen LogP contribution >= 0.6 is 0 Å². The average Bonchev–Trinajstić information content (AvgIpc) is 2.47. The number of hydrogen-bond donors (Lipinski definition) is 2. The molecule has 5 heteroatoms. The molecule has 0 aliphatic carbocycles. The van der Waals surface area contributed by atoms with Crippen LogP contribution in [0.1, 0.15) is 33.1 Å². The largest absolute Gasteiger partial charge is 0.493 e. The highest BCUT2D eigenvalue weighted by molar-refractivity contribution is 5.91. The number of carbonyl (C=O) groups excluding carboxylic acids is 1. The molecule has 21 heavy (non-hydrogen) atoms. The van der Waals surface area contributed by atoms with Crippen molar-refractivity contribution in [3.8, 4) is 11.5 Å². The fraction of sp³-hybridized carbons (Fsp3) is 0.562. The number of ether oxygens (including phenoxy) is 2. The lowest BCUT2D eigenvalue weighted by atomic mass is 10.0. The van der Waals surface area contributed by atoms with Crippen molar-refractivity contribution in [3.05, 3.63) is 18.2 Å². The quantitative estimate of drug-likeness (QED) is 0.734. The Morgan fingerprint density at radius 2 is 2.10 bits per heavy atom. The van der Waals surface area contributed by atoms with E-state index in [9.17, 15) is 4.79 Å². The molecule has 1 rings (SSSR count). The summed E-state index contributed by atoms with van der Waals surface area (Å²) in [6, 6.07) is 5.38. The van der Waals surface area contributed by atoms with Crippen molar-refractivity contribution >= 4 is 11.6 Å². The summed E-state index contributed by atoms with van der Waals surface area (Å²) in [5, 5.41) is 2.88. The van der Waals surface area contributed by atoms with Gasteiger partial charge in [-0.1, -0.05) is 6.92 Å². The van der Waals surface area contributed by atoms with Crippen LogP contribution in [0.15, 0.2) is 18.2 Å². The first kappa shape index (κ1) is 17.3. The van der Waals surface area contributed by atoms with Crippen LogP contribution in [-0.4, -0.2) is 26.2 Å². The van der Waals surface area contributed by atoms with Gasteiger partial charge in [0.1, 0.15) is 0 Å². The zero-order chi connectivity index (χ0) is 15.7. The number of methoxy groups -OCH3 is 1. The van der Waals surface area contributed by atoms with Crippen molar-refractivity contribution in [1.82, 2.24) is 0 Å². The van der Waals surface area contributed by atoms with Crippen molar-refractivity contribution in [3.63, 3.8) is 0 Å². The number of hydrogen-bond acceptors (Lipinski definition) is 4. The third-order valence-electron chi connectivity index (χ3n) is 3.27. The fourth-order valence-corrected chi connectivity index (χ4v) is 2.05. The zero-order valence-corrected chi connectivity index (χ0v) is 13.1. The number of amides is 1. The highest BCUT2D eigenvalue weighted by atomic mass is 16.5. The number of carbonyl (C=O) groups is 1.